The standard InChI is InChI=1S/C15H18N4O2/c1-21-13-5-3-2-4-11(13)8-9-17-15(20)12-6-7-14(19-16)18-10-12/h2-7,10H,8-9,16H2,1H3,(H,17,20)(H,18,19). The number of amides is 1. The number of nitrogens with two attached hydrogens (primary N) is 1. The predicted octanol–water partition coefficient (Wildman–Crippen LogP) is 1.35. The zero-order valence-electron chi connectivity index (χ0n) is 11.8. The first-order valence-corrected chi connectivity index (χ1v) is 6.57. The third kappa shape index (κ3) is 3.93. The number of hydrazine groups is 1. The van der Waals surface area contributed by atoms with Gasteiger partial charge in [0.25, 0.3) is 5.91 Å². The second-order valence-electron chi connectivity index (χ2n) is 4.39. The van der Waals surface area contributed by atoms with Gasteiger partial charge < -0.3 is 15.5 Å². The fourth-order valence-electron chi connectivity index (χ4n) is 1.94. The van der Waals surface area contributed by atoms with Gasteiger partial charge in [-0.05, 0) is 30.2 Å². The van der Waals surface area contributed by atoms with Crippen molar-refractivity contribution in [3.05, 3.63) is 53.7 Å². The van der Waals surface area contributed by atoms with Gasteiger partial charge in [0.15, 0.2) is 0 Å². The van der Waals surface area contributed by atoms with Crippen LogP contribution in [0.1, 0.15) is 15.9 Å². The number of benzene rings is 1. The minimum Gasteiger partial charge on any atom is -0.496 e. The molecule has 0 unspecified atom stereocenters. The summed E-state index contributed by atoms with van der Waals surface area (Å²) >= 11 is 0. The Kier molecular flexibility index (Phi) is 5.11. The topological polar surface area (TPSA) is 89.3 Å². The second-order valence-corrected chi connectivity index (χ2v) is 4.39. The monoisotopic (exact) mass is 286 g/mol. The summed E-state index contributed by atoms with van der Waals surface area (Å²) in [6.45, 7) is 0.524. The predicted molar refractivity (Wildman–Crippen MR) is 81.1 cm³/mol. The molecule has 0 radical (unpaired) electrons. The molecule has 0 spiro atoms. The molecular formula is C15H18N4O2. The molecule has 0 saturated carbocycles. The van der Waals surface area contributed by atoms with Crippen molar-refractivity contribution in [1.29, 1.82) is 0 Å². The summed E-state index contributed by atoms with van der Waals surface area (Å²) in [7, 11) is 1.64. The molecule has 0 fully saturated rings. The van der Waals surface area contributed by atoms with Gasteiger partial charge in [-0.2, -0.15) is 0 Å². The van der Waals surface area contributed by atoms with Gasteiger partial charge in [0, 0.05) is 12.7 Å². The molecule has 1 aromatic carbocycles. The summed E-state index contributed by atoms with van der Waals surface area (Å²) in [6.07, 6.45) is 2.18. The average molecular weight is 286 g/mol. The SMILES string of the molecule is COc1ccccc1CCNC(=O)c1ccc(NN)nc1. The van der Waals surface area contributed by atoms with Gasteiger partial charge >= 0.3 is 0 Å². The van der Waals surface area contributed by atoms with Crippen LogP contribution in [-0.2, 0) is 6.42 Å². The van der Waals surface area contributed by atoms with E-state index in [4.69, 9.17) is 10.6 Å². The molecule has 0 saturated heterocycles. The van der Waals surface area contributed by atoms with Crippen LogP contribution in [0.25, 0.3) is 0 Å². The highest BCUT2D eigenvalue weighted by molar-refractivity contribution is 5.94. The van der Waals surface area contributed by atoms with E-state index in [9.17, 15) is 4.79 Å². The number of hydrogen-bond acceptors (Lipinski definition) is 5. The Morgan fingerprint density at radius 1 is 1.29 bits per heavy atom. The number of rotatable bonds is 6. The van der Waals surface area contributed by atoms with Gasteiger partial charge in [-0.25, -0.2) is 10.8 Å². The normalized spacial score (nSPS) is 10.0. The Morgan fingerprint density at radius 2 is 2.10 bits per heavy atom. The van der Waals surface area contributed by atoms with E-state index in [0.29, 0.717) is 24.3 Å². The number of carbonyl (C=O) groups excluding carboxylic acids is 1. The third-order valence-electron chi connectivity index (χ3n) is 3.05. The van der Waals surface area contributed by atoms with Gasteiger partial charge in [-0.3, -0.25) is 4.79 Å². The maximum atomic E-state index is 12.0. The molecule has 6 nitrogen and oxygen atoms in total. The zero-order chi connectivity index (χ0) is 15.1. The van der Waals surface area contributed by atoms with E-state index in [1.807, 2.05) is 24.3 Å². The Hall–Kier alpha value is -2.60. The van der Waals surface area contributed by atoms with Crippen molar-refractivity contribution in [2.75, 3.05) is 19.1 Å². The summed E-state index contributed by atoms with van der Waals surface area (Å²) in [4.78, 5) is 15.9. The minimum atomic E-state index is -0.166. The van der Waals surface area contributed by atoms with Crippen LogP contribution >= 0.6 is 0 Å². The Labute approximate surface area is 123 Å². The maximum Gasteiger partial charge on any atom is 0.252 e. The lowest BCUT2D eigenvalue weighted by molar-refractivity contribution is 0.0953. The van der Waals surface area contributed by atoms with E-state index >= 15 is 0 Å². The van der Waals surface area contributed by atoms with Gasteiger partial charge in [-0.15, -0.1) is 0 Å². The van der Waals surface area contributed by atoms with Crippen LogP contribution in [0.3, 0.4) is 0 Å². The van der Waals surface area contributed by atoms with E-state index in [1.54, 1.807) is 19.2 Å². The number of anilines is 1. The molecule has 0 atom stereocenters. The molecule has 0 aliphatic carbocycles. The lowest BCUT2D eigenvalue weighted by Crippen LogP contribution is -2.26. The maximum absolute atomic E-state index is 12.0. The van der Waals surface area contributed by atoms with Crippen molar-refractivity contribution in [3.8, 4) is 5.75 Å². The van der Waals surface area contributed by atoms with Crippen LogP contribution in [0.4, 0.5) is 5.82 Å². The van der Waals surface area contributed by atoms with Crippen LogP contribution in [0.5, 0.6) is 5.75 Å². The van der Waals surface area contributed by atoms with E-state index in [-0.39, 0.29) is 5.91 Å². The quantitative estimate of drug-likeness (QED) is 0.551. The number of nitrogen functional groups attached to an aromatic ring is 1. The summed E-state index contributed by atoms with van der Waals surface area (Å²) in [5, 5.41) is 2.85. The van der Waals surface area contributed by atoms with E-state index in [2.05, 4.69) is 15.7 Å². The fourth-order valence-corrected chi connectivity index (χ4v) is 1.94. The molecule has 1 amide bonds. The summed E-state index contributed by atoms with van der Waals surface area (Å²) in [5.74, 6) is 6.40. The molecule has 6 heteroatoms. The number of para-hydroxylation sites is 1. The number of hydrogen-bond donors (Lipinski definition) is 3. The number of carbonyl (C=O) groups is 1. The number of ether oxygens (including phenoxy) is 1. The molecule has 1 heterocycles. The van der Waals surface area contributed by atoms with E-state index in [1.165, 1.54) is 6.20 Å². The minimum absolute atomic E-state index is 0.166. The number of methoxy groups -OCH3 is 1. The molecule has 1 aromatic heterocycles. The van der Waals surface area contributed by atoms with Crippen LogP contribution in [0.15, 0.2) is 42.6 Å². The molecular weight excluding hydrogens is 268 g/mol. The van der Waals surface area contributed by atoms with Crippen molar-refractivity contribution in [2.24, 2.45) is 5.84 Å². The van der Waals surface area contributed by atoms with Crippen LogP contribution in [0.2, 0.25) is 0 Å². The molecule has 21 heavy (non-hydrogen) atoms. The van der Waals surface area contributed by atoms with Crippen LogP contribution in [0, 0.1) is 0 Å². The molecule has 110 valence electrons. The van der Waals surface area contributed by atoms with Crippen molar-refractivity contribution in [2.45, 2.75) is 6.42 Å². The molecule has 0 aliphatic rings. The van der Waals surface area contributed by atoms with Crippen molar-refractivity contribution in [3.63, 3.8) is 0 Å². The van der Waals surface area contributed by atoms with Crippen molar-refractivity contribution in [1.82, 2.24) is 10.3 Å². The number of nitrogens with zero attached hydrogens (tertiary/aromatic N) is 1. The van der Waals surface area contributed by atoms with Gasteiger partial charge in [0.1, 0.15) is 11.6 Å². The first-order chi connectivity index (χ1) is 10.2. The first-order valence-electron chi connectivity index (χ1n) is 6.57. The zero-order valence-corrected chi connectivity index (χ0v) is 11.8. The Morgan fingerprint density at radius 3 is 2.76 bits per heavy atom. The molecule has 0 aliphatic heterocycles. The molecule has 0 bridgehead atoms. The average Bonchev–Trinajstić information content (AvgIpc) is 2.55. The van der Waals surface area contributed by atoms with E-state index in [0.717, 1.165) is 11.3 Å². The van der Waals surface area contributed by atoms with Crippen LogP contribution < -0.4 is 21.3 Å². The molecule has 2 rings (SSSR count). The summed E-state index contributed by atoms with van der Waals surface area (Å²) < 4.78 is 5.27. The van der Waals surface area contributed by atoms with Gasteiger partial charge in [0.05, 0.1) is 12.7 Å². The highest BCUT2D eigenvalue weighted by Gasteiger charge is 2.06. The van der Waals surface area contributed by atoms with Crippen molar-refractivity contribution < 1.29 is 9.53 Å². The largest absolute Gasteiger partial charge is 0.496 e. The van der Waals surface area contributed by atoms with E-state index < -0.39 is 0 Å². The lowest BCUT2D eigenvalue weighted by atomic mass is 10.1. The molecule has 2 aromatic rings. The van der Waals surface area contributed by atoms with Crippen LogP contribution in [-0.4, -0.2) is 24.5 Å². The highest BCUT2D eigenvalue weighted by Crippen LogP contribution is 2.17. The van der Waals surface area contributed by atoms with Crippen molar-refractivity contribution >= 4 is 11.7 Å². The Bertz CT molecular complexity index is 599. The number of nitrogens with one attached hydrogen (secondary N) is 2. The first kappa shape index (κ1) is 14.8. The lowest BCUT2D eigenvalue weighted by Gasteiger charge is -2.09. The Balaban J connectivity index is 1.89. The number of pyridine rings is 1. The van der Waals surface area contributed by atoms with Gasteiger partial charge in [-0.1, -0.05) is 18.2 Å². The third-order valence-corrected chi connectivity index (χ3v) is 3.05. The summed E-state index contributed by atoms with van der Waals surface area (Å²) in [5.41, 5.74) is 3.96. The van der Waals surface area contributed by atoms with Gasteiger partial charge in [0.2, 0.25) is 0 Å². The smallest absolute Gasteiger partial charge is 0.252 e. The summed E-state index contributed by atoms with van der Waals surface area (Å²) in [6, 6.07) is 11.1. The second kappa shape index (κ2) is 7.25. The molecule has 4 N–H and O–H groups in total. The number of aromatic nitrogens is 1. The fraction of sp³-hybridized carbons (Fsp3) is 0.200. The highest BCUT2D eigenvalue weighted by atomic mass is 16.5.